The number of hydrazone groups is 1. The third-order valence-electron chi connectivity index (χ3n) is 7.43. The zero-order valence-electron chi connectivity index (χ0n) is 21.3. The summed E-state index contributed by atoms with van der Waals surface area (Å²) in [6, 6.07) is 6.26. The van der Waals surface area contributed by atoms with Gasteiger partial charge in [-0.2, -0.15) is 10.2 Å². The van der Waals surface area contributed by atoms with Crippen LogP contribution in [0.3, 0.4) is 0 Å². The minimum Gasteiger partial charge on any atom is -0.543 e. The normalized spacial score (nSPS) is 21.7. The zero-order chi connectivity index (χ0) is 24.7. The van der Waals surface area contributed by atoms with Crippen molar-refractivity contribution in [2.24, 2.45) is 5.10 Å². The summed E-state index contributed by atoms with van der Waals surface area (Å²) in [5.41, 5.74) is 2.63. The van der Waals surface area contributed by atoms with Gasteiger partial charge >= 0.3 is 5.97 Å². The van der Waals surface area contributed by atoms with E-state index in [1.165, 1.54) is 0 Å². The molecule has 2 aliphatic rings. The number of hydrogen-bond donors (Lipinski definition) is 1. The molecule has 2 aromatic rings. The minimum atomic E-state index is -2.01. The van der Waals surface area contributed by atoms with Crippen molar-refractivity contribution in [3.05, 3.63) is 23.9 Å². The first-order valence-corrected chi connectivity index (χ1v) is 15.3. The average molecular weight is 487 g/mol. The average Bonchev–Trinajstić information content (AvgIpc) is 3.33. The molecular weight excluding hydrogens is 448 g/mol. The fourth-order valence-electron chi connectivity index (χ4n) is 4.39. The highest BCUT2D eigenvalue weighted by atomic mass is 28.4. The Morgan fingerprint density at radius 1 is 1.29 bits per heavy atom. The Bertz CT molecular complexity index is 1080. The molecule has 4 rings (SSSR count). The summed E-state index contributed by atoms with van der Waals surface area (Å²) in [7, 11) is -2.01. The number of carbonyl (C=O) groups is 1. The summed E-state index contributed by atoms with van der Waals surface area (Å²) >= 11 is 0. The Kier molecular flexibility index (Phi) is 6.79. The van der Waals surface area contributed by atoms with Crippen molar-refractivity contribution in [3.63, 3.8) is 0 Å². The number of benzene rings is 1. The Morgan fingerprint density at radius 2 is 2.06 bits per heavy atom. The van der Waals surface area contributed by atoms with Gasteiger partial charge in [0.25, 0.3) is 0 Å². The summed E-state index contributed by atoms with van der Waals surface area (Å²) in [5, 5.41) is 21.8. The molecule has 1 aromatic carbocycles. The summed E-state index contributed by atoms with van der Waals surface area (Å²) in [5.74, 6) is -0.0306. The molecule has 1 saturated heterocycles. The van der Waals surface area contributed by atoms with Crippen molar-refractivity contribution in [1.82, 2.24) is 14.8 Å². The van der Waals surface area contributed by atoms with E-state index in [0.717, 1.165) is 60.3 Å². The molecule has 0 aliphatic carbocycles. The van der Waals surface area contributed by atoms with E-state index in [1.807, 2.05) is 10.7 Å². The lowest BCUT2D eigenvalue weighted by Gasteiger charge is -2.36. The van der Waals surface area contributed by atoms with Gasteiger partial charge in [0.1, 0.15) is 18.0 Å². The molecule has 9 heteroatoms. The molecule has 0 amide bonds. The van der Waals surface area contributed by atoms with Gasteiger partial charge in [-0.05, 0) is 62.0 Å². The van der Waals surface area contributed by atoms with Gasteiger partial charge in [-0.25, -0.2) is 4.68 Å². The lowest BCUT2D eigenvalue weighted by atomic mass is 10.0. The van der Waals surface area contributed by atoms with Gasteiger partial charge in [0.05, 0.1) is 17.3 Å². The van der Waals surface area contributed by atoms with Crippen LogP contribution in [0, 0.1) is 0 Å². The van der Waals surface area contributed by atoms with Crippen LogP contribution in [0.25, 0.3) is 10.9 Å². The van der Waals surface area contributed by atoms with Gasteiger partial charge < -0.3 is 14.3 Å². The van der Waals surface area contributed by atoms with Crippen molar-refractivity contribution in [1.29, 1.82) is 0 Å². The lowest BCUT2D eigenvalue weighted by Crippen LogP contribution is -2.43. The summed E-state index contributed by atoms with van der Waals surface area (Å²) in [4.78, 5) is 11.4. The van der Waals surface area contributed by atoms with E-state index >= 15 is 0 Å². The van der Waals surface area contributed by atoms with Gasteiger partial charge in [0, 0.05) is 18.4 Å². The van der Waals surface area contributed by atoms with E-state index in [0.29, 0.717) is 6.42 Å². The highest BCUT2D eigenvalue weighted by Crippen LogP contribution is 2.39. The lowest BCUT2D eigenvalue weighted by molar-refractivity contribution is -0.138. The fourth-order valence-corrected chi connectivity index (χ4v) is 5.41. The summed E-state index contributed by atoms with van der Waals surface area (Å²) in [6.45, 7) is 13.9. The number of carboxylic acids is 1. The van der Waals surface area contributed by atoms with Gasteiger partial charge in [-0.1, -0.05) is 27.7 Å². The largest absolute Gasteiger partial charge is 0.543 e. The number of hydrogen-bond acceptors (Lipinski definition) is 6. The van der Waals surface area contributed by atoms with Crippen molar-refractivity contribution in [3.8, 4) is 5.75 Å². The van der Waals surface area contributed by atoms with E-state index in [-0.39, 0.29) is 23.9 Å². The topological polar surface area (TPSA) is 89.2 Å². The van der Waals surface area contributed by atoms with Crippen LogP contribution in [0.5, 0.6) is 5.75 Å². The Labute approximate surface area is 203 Å². The Morgan fingerprint density at radius 3 is 2.68 bits per heavy atom. The maximum absolute atomic E-state index is 11.4. The summed E-state index contributed by atoms with van der Waals surface area (Å²) in [6.07, 6.45) is 4.50. The fraction of sp³-hybridized carbons (Fsp3) is 0.640. The van der Waals surface area contributed by atoms with Gasteiger partial charge in [-0.15, -0.1) is 0 Å². The van der Waals surface area contributed by atoms with Crippen molar-refractivity contribution in [2.75, 3.05) is 13.2 Å². The Balaban J connectivity index is 1.78. The molecule has 1 N–H and O–H groups in total. The monoisotopic (exact) mass is 486 g/mol. The van der Waals surface area contributed by atoms with Crippen LogP contribution in [0.15, 0.2) is 23.3 Å². The smallest absolute Gasteiger partial charge is 0.324 e. The predicted molar refractivity (Wildman–Crippen MR) is 136 cm³/mol. The molecule has 1 fully saturated rings. The first-order chi connectivity index (χ1) is 16.0. The molecule has 1 aromatic heterocycles. The number of aromatic nitrogens is 2. The van der Waals surface area contributed by atoms with Crippen LogP contribution in [0.2, 0.25) is 18.1 Å². The quantitative estimate of drug-likeness (QED) is 0.528. The highest BCUT2D eigenvalue weighted by molar-refractivity contribution is 6.74. The second-order valence-corrected chi connectivity index (χ2v) is 15.7. The first kappa shape index (κ1) is 24.7. The standard InChI is InChI=1S/C25H38N4O4Si/c1-7-17-14-20(26-28(17)16-23(30)31)24-19-15-18(33-34(5,6)25(2,3)4)11-12-21(19)29(27-24)22-10-8-9-13-32-22/h11-12,15,17,22H,7-10,13-14,16H2,1-6H3,(H,30,31). The van der Waals surface area contributed by atoms with E-state index in [4.69, 9.17) is 19.4 Å². The van der Waals surface area contributed by atoms with E-state index < -0.39 is 14.3 Å². The van der Waals surface area contributed by atoms with Crippen molar-refractivity contribution in [2.45, 2.75) is 90.2 Å². The van der Waals surface area contributed by atoms with Crippen molar-refractivity contribution >= 4 is 30.9 Å². The second kappa shape index (κ2) is 9.34. The van der Waals surface area contributed by atoms with Crippen LogP contribution in [-0.4, -0.2) is 59.1 Å². The second-order valence-electron chi connectivity index (χ2n) is 11.0. The molecule has 2 atom stereocenters. The van der Waals surface area contributed by atoms with Crippen LogP contribution in [-0.2, 0) is 9.53 Å². The number of aliphatic carboxylic acids is 1. The predicted octanol–water partition coefficient (Wildman–Crippen LogP) is 5.39. The van der Waals surface area contributed by atoms with Crippen LogP contribution in [0.1, 0.15) is 71.7 Å². The minimum absolute atomic E-state index is 0.0592. The highest BCUT2D eigenvalue weighted by Gasteiger charge is 2.39. The van der Waals surface area contributed by atoms with E-state index in [2.05, 4.69) is 52.9 Å². The SMILES string of the molecule is CCC1CC(c2nn(C3CCCCO3)c3ccc(O[Si](C)(C)C(C)(C)C)cc23)=NN1CC(=O)O. The maximum atomic E-state index is 11.4. The molecule has 0 bridgehead atoms. The summed E-state index contributed by atoms with van der Waals surface area (Å²) < 4.78 is 14.7. The number of carboxylic acid groups (broad SMARTS) is 1. The number of ether oxygens (including phenoxy) is 1. The van der Waals surface area contributed by atoms with Crippen LogP contribution in [0.4, 0.5) is 0 Å². The molecule has 2 unspecified atom stereocenters. The molecule has 8 nitrogen and oxygen atoms in total. The van der Waals surface area contributed by atoms with Crippen LogP contribution < -0.4 is 4.43 Å². The van der Waals surface area contributed by atoms with E-state index in [9.17, 15) is 9.90 Å². The van der Waals surface area contributed by atoms with Gasteiger partial charge in [-0.3, -0.25) is 9.80 Å². The molecule has 0 spiro atoms. The number of rotatable bonds is 7. The Hall–Kier alpha value is -2.39. The molecule has 0 saturated carbocycles. The number of fused-ring (bicyclic) bond motifs is 1. The molecule has 186 valence electrons. The molecule has 34 heavy (non-hydrogen) atoms. The molecular formula is C25H38N4O4Si. The maximum Gasteiger partial charge on any atom is 0.324 e. The van der Waals surface area contributed by atoms with Gasteiger partial charge in [0.15, 0.2) is 6.23 Å². The third kappa shape index (κ3) is 4.86. The van der Waals surface area contributed by atoms with Crippen LogP contribution >= 0.6 is 0 Å². The molecule has 3 heterocycles. The zero-order valence-corrected chi connectivity index (χ0v) is 22.3. The van der Waals surface area contributed by atoms with Gasteiger partial charge in [0.2, 0.25) is 8.32 Å². The van der Waals surface area contributed by atoms with E-state index in [1.54, 1.807) is 5.01 Å². The molecule has 2 aliphatic heterocycles. The number of nitrogens with zero attached hydrogens (tertiary/aromatic N) is 4. The van der Waals surface area contributed by atoms with Crippen molar-refractivity contribution < 1.29 is 19.1 Å². The molecule has 0 radical (unpaired) electrons. The first-order valence-electron chi connectivity index (χ1n) is 12.4. The third-order valence-corrected chi connectivity index (χ3v) is 11.8.